The van der Waals surface area contributed by atoms with Gasteiger partial charge in [-0.2, -0.15) is 5.10 Å². The molecule has 0 unspecified atom stereocenters. The molecule has 0 aromatic carbocycles. The van der Waals surface area contributed by atoms with Crippen LogP contribution in [0.2, 0.25) is 0 Å². The van der Waals surface area contributed by atoms with Crippen LogP contribution in [0.4, 0.5) is 0 Å². The Labute approximate surface area is 131 Å². The molecule has 4 nitrogen and oxygen atoms in total. The minimum absolute atomic E-state index is 0.837. The van der Waals surface area contributed by atoms with Gasteiger partial charge in [0, 0.05) is 19.6 Å². The van der Waals surface area contributed by atoms with Gasteiger partial charge < -0.3 is 10.2 Å². The molecule has 5 heteroatoms. The number of hydrogen-bond donors (Lipinski definition) is 1. The van der Waals surface area contributed by atoms with Crippen LogP contribution in [0.1, 0.15) is 38.1 Å². The molecular weight excluding hydrogens is 316 g/mol. The van der Waals surface area contributed by atoms with Crippen LogP contribution in [0.15, 0.2) is 4.47 Å². The molecule has 1 saturated heterocycles. The van der Waals surface area contributed by atoms with Crippen molar-refractivity contribution in [1.82, 2.24) is 20.0 Å². The zero-order valence-electron chi connectivity index (χ0n) is 13.0. The van der Waals surface area contributed by atoms with Gasteiger partial charge in [-0.05, 0) is 68.2 Å². The van der Waals surface area contributed by atoms with E-state index in [-0.39, 0.29) is 0 Å². The molecule has 0 radical (unpaired) electrons. The summed E-state index contributed by atoms with van der Waals surface area (Å²) < 4.78 is 3.35. The molecule has 114 valence electrons. The largest absolute Gasteiger partial charge is 0.317 e. The fourth-order valence-corrected chi connectivity index (χ4v) is 3.68. The summed E-state index contributed by atoms with van der Waals surface area (Å²) >= 11 is 3.74. The third-order valence-corrected chi connectivity index (χ3v) is 5.06. The minimum Gasteiger partial charge on any atom is -0.317 e. The number of aryl methyl sites for hydroxylation is 2. The number of nitrogens with one attached hydrogen (secondary N) is 1. The first-order chi connectivity index (χ1) is 9.65. The molecule has 0 spiro atoms. The number of hydrogen-bond acceptors (Lipinski definition) is 3. The Bertz CT molecular complexity index is 424. The Hall–Kier alpha value is -0.390. The topological polar surface area (TPSA) is 33.1 Å². The molecule has 1 aliphatic rings. The van der Waals surface area contributed by atoms with Crippen molar-refractivity contribution in [3.63, 3.8) is 0 Å². The number of aromatic nitrogens is 2. The summed E-state index contributed by atoms with van der Waals surface area (Å²) in [7, 11) is 2.23. The highest BCUT2D eigenvalue weighted by molar-refractivity contribution is 9.10. The van der Waals surface area contributed by atoms with Crippen molar-refractivity contribution in [1.29, 1.82) is 0 Å². The summed E-state index contributed by atoms with van der Waals surface area (Å²) in [5.41, 5.74) is 2.50. The summed E-state index contributed by atoms with van der Waals surface area (Å²) in [4.78, 5) is 2.45. The smallest absolute Gasteiger partial charge is 0.0767 e. The number of nitrogens with zero attached hydrogens (tertiary/aromatic N) is 3. The molecule has 1 aliphatic heterocycles. The Morgan fingerprint density at radius 2 is 2.05 bits per heavy atom. The third kappa shape index (κ3) is 3.83. The van der Waals surface area contributed by atoms with E-state index >= 15 is 0 Å². The van der Waals surface area contributed by atoms with Gasteiger partial charge in [-0.25, -0.2) is 0 Å². The van der Waals surface area contributed by atoms with Gasteiger partial charge >= 0.3 is 0 Å². The van der Waals surface area contributed by atoms with Crippen LogP contribution in [0.5, 0.6) is 0 Å². The molecule has 20 heavy (non-hydrogen) atoms. The second-order valence-electron chi connectivity index (χ2n) is 5.77. The molecular formula is C15H27BrN4. The maximum atomic E-state index is 4.68. The highest BCUT2D eigenvalue weighted by Gasteiger charge is 2.18. The molecule has 0 bridgehead atoms. The standard InChI is InChI=1S/C15H27BrN4/c1-4-13-15(16)14(20(5-2)18-13)11-19(3)10-12-6-8-17-9-7-12/h12,17H,4-11H2,1-3H3. The Morgan fingerprint density at radius 1 is 1.35 bits per heavy atom. The lowest BCUT2D eigenvalue weighted by molar-refractivity contribution is 0.229. The molecule has 0 saturated carbocycles. The van der Waals surface area contributed by atoms with Crippen LogP contribution < -0.4 is 5.32 Å². The number of piperidine rings is 1. The van der Waals surface area contributed by atoms with Gasteiger partial charge in [-0.1, -0.05) is 6.92 Å². The first-order valence-electron chi connectivity index (χ1n) is 7.79. The summed E-state index contributed by atoms with van der Waals surface area (Å²) in [6, 6.07) is 0. The van der Waals surface area contributed by atoms with Gasteiger partial charge in [-0.3, -0.25) is 4.68 Å². The summed E-state index contributed by atoms with van der Waals surface area (Å²) in [5, 5.41) is 8.12. The maximum absolute atomic E-state index is 4.68. The van der Waals surface area contributed by atoms with Crippen molar-refractivity contribution in [2.75, 3.05) is 26.7 Å². The number of rotatable bonds is 6. The van der Waals surface area contributed by atoms with Gasteiger partial charge in [0.2, 0.25) is 0 Å². The van der Waals surface area contributed by atoms with Crippen LogP contribution in [-0.2, 0) is 19.5 Å². The summed E-state index contributed by atoms with van der Waals surface area (Å²) in [6.07, 6.45) is 3.59. The van der Waals surface area contributed by atoms with E-state index in [4.69, 9.17) is 0 Å². The first kappa shape index (κ1) is 16.0. The third-order valence-electron chi connectivity index (χ3n) is 4.14. The molecule has 0 aliphatic carbocycles. The van der Waals surface area contributed by atoms with E-state index in [0.29, 0.717) is 0 Å². The van der Waals surface area contributed by atoms with E-state index in [1.165, 1.54) is 48.3 Å². The molecule has 2 rings (SSSR count). The van der Waals surface area contributed by atoms with Crippen LogP contribution in [-0.4, -0.2) is 41.4 Å². The minimum atomic E-state index is 0.837. The molecule has 1 aromatic rings. The van der Waals surface area contributed by atoms with Crippen molar-refractivity contribution in [2.45, 2.75) is 46.2 Å². The second kappa shape index (κ2) is 7.57. The molecule has 2 heterocycles. The van der Waals surface area contributed by atoms with Crippen molar-refractivity contribution in [3.8, 4) is 0 Å². The molecule has 0 atom stereocenters. The fraction of sp³-hybridized carbons (Fsp3) is 0.800. The van der Waals surface area contributed by atoms with Gasteiger partial charge in [0.05, 0.1) is 15.9 Å². The van der Waals surface area contributed by atoms with Crippen LogP contribution in [0, 0.1) is 5.92 Å². The Morgan fingerprint density at radius 3 is 2.65 bits per heavy atom. The molecule has 1 N–H and O–H groups in total. The van der Waals surface area contributed by atoms with E-state index in [9.17, 15) is 0 Å². The zero-order valence-corrected chi connectivity index (χ0v) is 14.5. The van der Waals surface area contributed by atoms with Crippen LogP contribution >= 0.6 is 15.9 Å². The summed E-state index contributed by atoms with van der Waals surface area (Å²) in [5.74, 6) is 0.837. The lowest BCUT2D eigenvalue weighted by Gasteiger charge is -2.27. The average molecular weight is 343 g/mol. The predicted octanol–water partition coefficient (Wildman–Crippen LogP) is 2.66. The van der Waals surface area contributed by atoms with Crippen molar-refractivity contribution in [3.05, 3.63) is 15.9 Å². The Kier molecular flexibility index (Phi) is 6.05. The van der Waals surface area contributed by atoms with Crippen molar-refractivity contribution < 1.29 is 0 Å². The van der Waals surface area contributed by atoms with E-state index in [0.717, 1.165) is 25.4 Å². The predicted molar refractivity (Wildman–Crippen MR) is 86.9 cm³/mol. The van der Waals surface area contributed by atoms with E-state index < -0.39 is 0 Å². The highest BCUT2D eigenvalue weighted by atomic mass is 79.9. The lowest BCUT2D eigenvalue weighted by Crippen LogP contribution is -2.34. The lowest BCUT2D eigenvalue weighted by atomic mass is 9.98. The quantitative estimate of drug-likeness (QED) is 0.862. The Balaban J connectivity index is 1.99. The van der Waals surface area contributed by atoms with Crippen molar-refractivity contribution >= 4 is 15.9 Å². The van der Waals surface area contributed by atoms with E-state index in [1.54, 1.807) is 0 Å². The number of halogens is 1. The van der Waals surface area contributed by atoms with Crippen LogP contribution in [0.3, 0.4) is 0 Å². The second-order valence-corrected chi connectivity index (χ2v) is 6.56. The van der Waals surface area contributed by atoms with E-state index in [1.807, 2.05) is 0 Å². The molecule has 1 aromatic heterocycles. The zero-order chi connectivity index (χ0) is 14.5. The maximum Gasteiger partial charge on any atom is 0.0767 e. The molecule has 1 fully saturated rings. The first-order valence-corrected chi connectivity index (χ1v) is 8.58. The van der Waals surface area contributed by atoms with Crippen molar-refractivity contribution in [2.24, 2.45) is 5.92 Å². The van der Waals surface area contributed by atoms with E-state index in [2.05, 4.69) is 56.8 Å². The average Bonchev–Trinajstić information content (AvgIpc) is 2.76. The van der Waals surface area contributed by atoms with Gasteiger partial charge in [0.25, 0.3) is 0 Å². The van der Waals surface area contributed by atoms with Gasteiger partial charge in [0.15, 0.2) is 0 Å². The monoisotopic (exact) mass is 342 g/mol. The summed E-state index contributed by atoms with van der Waals surface area (Å²) in [6.45, 7) is 9.78. The van der Waals surface area contributed by atoms with Crippen LogP contribution in [0.25, 0.3) is 0 Å². The van der Waals surface area contributed by atoms with Gasteiger partial charge in [-0.15, -0.1) is 0 Å². The molecule has 0 amide bonds. The normalized spacial score (nSPS) is 17.1. The highest BCUT2D eigenvalue weighted by Crippen LogP contribution is 2.24. The fourth-order valence-electron chi connectivity index (χ4n) is 2.99. The SMILES string of the molecule is CCc1nn(CC)c(CN(C)CC2CCNCC2)c1Br. The van der Waals surface area contributed by atoms with Gasteiger partial charge in [0.1, 0.15) is 0 Å².